The van der Waals surface area contributed by atoms with Crippen molar-refractivity contribution in [3.63, 3.8) is 0 Å². The fourth-order valence-corrected chi connectivity index (χ4v) is 2.11. The number of aromatic nitrogens is 1. The molecule has 0 radical (unpaired) electrons. The molecule has 1 heterocycles. The van der Waals surface area contributed by atoms with E-state index in [0.29, 0.717) is 0 Å². The third-order valence-corrected chi connectivity index (χ3v) is 3.51. The Kier molecular flexibility index (Phi) is 2.26. The molecule has 2 N–H and O–H groups in total. The van der Waals surface area contributed by atoms with Gasteiger partial charge in [-0.05, 0) is 56.0 Å². The Morgan fingerprint density at radius 3 is 2.19 bits per heavy atom. The molecule has 0 aliphatic carbocycles. The molecule has 0 atom stereocenters. The molecule has 0 amide bonds. The zero-order valence-corrected chi connectivity index (χ0v) is 9.93. The van der Waals surface area contributed by atoms with Crippen molar-refractivity contribution < 1.29 is 9.90 Å². The summed E-state index contributed by atoms with van der Waals surface area (Å²) < 4.78 is 0. The number of hydrogen-bond donors (Lipinski definition) is 2. The monoisotopic (exact) mass is 217 g/mol. The Morgan fingerprint density at radius 1 is 1.06 bits per heavy atom. The van der Waals surface area contributed by atoms with Crippen LogP contribution in [0.4, 0.5) is 0 Å². The summed E-state index contributed by atoms with van der Waals surface area (Å²) in [4.78, 5) is 13.9. The molecular formula is C13H15NO2. The predicted octanol–water partition coefficient (Wildman–Crippen LogP) is 3.10. The zero-order valence-electron chi connectivity index (χ0n) is 9.93. The number of benzene rings is 1. The molecule has 2 aromatic rings. The molecule has 0 aliphatic heterocycles. The number of hydrogen-bond acceptors (Lipinski definition) is 1. The van der Waals surface area contributed by atoms with Crippen LogP contribution in [0.15, 0.2) is 6.07 Å². The third kappa shape index (κ3) is 1.32. The Bertz CT molecular complexity index is 549. The minimum atomic E-state index is -0.912. The van der Waals surface area contributed by atoms with Crippen molar-refractivity contribution in [3.8, 4) is 0 Å². The van der Waals surface area contributed by atoms with Crippen molar-refractivity contribution in [2.75, 3.05) is 0 Å². The van der Waals surface area contributed by atoms with E-state index in [1.165, 1.54) is 11.1 Å². The molecule has 3 heteroatoms. The Labute approximate surface area is 94.1 Å². The van der Waals surface area contributed by atoms with Crippen molar-refractivity contribution in [1.82, 2.24) is 4.98 Å². The van der Waals surface area contributed by atoms with Gasteiger partial charge in [-0.25, -0.2) is 4.79 Å². The summed E-state index contributed by atoms with van der Waals surface area (Å²) >= 11 is 0. The van der Waals surface area contributed by atoms with Crippen LogP contribution in [-0.2, 0) is 0 Å². The molecule has 0 aliphatic rings. The number of carboxylic acids is 1. The summed E-state index contributed by atoms with van der Waals surface area (Å²) in [5.74, 6) is -0.912. The summed E-state index contributed by atoms with van der Waals surface area (Å²) in [5, 5.41) is 9.99. The van der Waals surface area contributed by atoms with Crippen LogP contribution in [0.2, 0.25) is 0 Å². The van der Waals surface area contributed by atoms with Crippen molar-refractivity contribution in [2.45, 2.75) is 27.7 Å². The van der Waals surface area contributed by atoms with Gasteiger partial charge in [0, 0.05) is 10.9 Å². The van der Waals surface area contributed by atoms with Gasteiger partial charge in [0.25, 0.3) is 0 Å². The number of aromatic carboxylic acids is 1. The number of rotatable bonds is 1. The van der Waals surface area contributed by atoms with E-state index in [1.54, 1.807) is 6.07 Å². The largest absolute Gasteiger partial charge is 0.477 e. The summed E-state index contributed by atoms with van der Waals surface area (Å²) in [6.45, 7) is 8.19. The molecule has 0 saturated heterocycles. The maximum atomic E-state index is 10.9. The minimum Gasteiger partial charge on any atom is -0.477 e. The number of H-pyrrole nitrogens is 1. The van der Waals surface area contributed by atoms with E-state index in [4.69, 9.17) is 5.11 Å². The highest BCUT2D eigenvalue weighted by atomic mass is 16.4. The van der Waals surface area contributed by atoms with E-state index >= 15 is 0 Å². The fourth-order valence-electron chi connectivity index (χ4n) is 2.11. The molecule has 0 bridgehead atoms. The molecule has 3 nitrogen and oxygen atoms in total. The van der Waals surface area contributed by atoms with Gasteiger partial charge in [-0.1, -0.05) is 0 Å². The highest BCUT2D eigenvalue weighted by Crippen LogP contribution is 2.29. The van der Waals surface area contributed by atoms with Crippen LogP contribution in [0.1, 0.15) is 32.7 Å². The fraction of sp³-hybridized carbons (Fsp3) is 0.308. The summed E-state index contributed by atoms with van der Waals surface area (Å²) in [7, 11) is 0. The lowest BCUT2D eigenvalue weighted by molar-refractivity contribution is 0.0691. The van der Waals surface area contributed by atoms with E-state index in [-0.39, 0.29) is 5.69 Å². The normalized spacial score (nSPS) is 11.0. The van der Waals surface area contributed by atoms with Gasteiger partial charge in [0.2, 0.25) is 0 Å². The number of nitrogens with one attached hydrogen (secondary N) is 1. The lowest BCUT2D eigenvalue weighted by Gasteiger charge is -2.10. The number of aromatic amines is 1. The minimum absolute atomic E-state index is 0.256. The maximum Gasteiger partial charge on any atom is 0.352 e. The van der Waals surface area contributed by atoms with Crippen LogP contribution < -0.4 is 0 Å². The maximum absolute atomic E-state index is 10.9. The van der Waals surface area contributed by atoms with Crippen molar-refractivity contribution in [1.29, 1.82) is 0 Å². The molecule has 2 rings (SSSR count). The van der Waals surface area contributed by atoms with Crippen LogP contribution in [0, 0.1) is 27.7 Å². The van der Waals surface area contributed by atoms with Crippen molar-refractivity contribution >= 4 is 16.9 Å². The van der Waals surface area contributed by atoms with Gasteiger partial charge >= 0.3 is 5.97 Å². The Balaban J connectivity index is 2.92. The van der Waals surface area contributed by atoms with Gasteiger partial charge in [-0.15, -0.1) is 0 Å². The average Bonchev–Trinajstić information content (AvgIpc) is 2.68. The van der Waals surface area contributed by atoms with E-state index in [0.717, 1.165) is 22.0 Å². The van der Waals surface area contributed by atoms with Gasteiger partial charge < -0.3 is 10.1 Å². The van der Waals surface area contributed by atoms with E-state index < -0.39 is 5.97 Å². The smallest absolute Gasteiger partial charge is 0.352 e. The second-order valence-electron chi connectivity index (χ2n) is 4.28. The zero-order chi connectivity index (χ0) is 12.0. The first kappa shape index (κ1) is 10.7. The van der Waals surface area contributed by atoms with Crippen LogP contribution in [0.5, 0.6) is 0 Å². The summed E-state index contributed by atoms with van der Waals surface area (Å²) in [5.41, 5.74) is 5.95. The number of aryl methyl sites for hydroxylation is 2. The van der Waals surface area contributed by atoms with Gasteiger partial charge in [-0.3, -0.25) is 0 Å². The summed E-state index contributed by atoms with van der Waals surface area (Å²) in [6.07, 6.45) is 0. The lowest BCUT2D eigenvalue weighted by atomic mass is 9.96. The van der Waals surface area contributed by atoms with Crippen LogP contribution in [-0.4, -0.2) is 16.1 Å². The van der Waals surface area contributed by atoms with Gasteiger partial charge in [0.05, 0.1) is 0 Å². The average molecular weight is 217 g/mol. The topological polar surface area (TPSA) is 53.1 Å². The quantitative estimate of drug-likeness (QED) is 0.771. The molecule has 0 fully saturated rings. The van der Waals surface area contributed by atoms with Gasteiger partial charge in [-0.2, -0.15) is 0 Å². The standard InChI is InChI=1S/C13H15NO2/c1-6-7(2)9(4)12-10(8(6)3)5-11(14-12)13(15)16/h5,14H,1-4H3,(H,15,16). The number of fused-ring (bicyclic) bond motifs is 1. The molecule has 1 aromatic carbocycles. The SMILES string of the molecule is Cc1c(C)c(C)c2[nH]c(C(=O)O)cc2c1C. The highest BCUT2D eigenvalue weighted by molar-refractivity contribution is 5.97. The van der Waals surface area contributed by atoms with E-state index in [9.17, 15) is 4.79 Å². The molecule has 16 heavy (non-hydrogen) atoms. The number of carboxylic acid groups (broad SMARTS) is 1. The highest BCUT2D eigenvalue weighted by Gasteiger charge is 2.14. The van der Waals surface area contributed by atoms with Gasteiger partial charge in [0.1, 0.15) is 5.69 Å². The van der Waals surface area contributed by atoms with Crippen molar-refractivity contribution in [2.24, 2.45) is 0 Å². The molecule has 0 saturated carbocycles. The molecule has 0 unspecified atom stereocenters. The molecular weight excluding hydrogens is 202 g/mol. The first-order chi connectivity index (χ1) is 7.43. The molecule has 84 valence electrons. The first-order valence-electron chi connectivity index (χ1n) is 5.26. The molecule has 1 aromatic heterocycles. The van der Waals surface area contributed by atoms with E-state index in [2.05, 4.69) is 18.8 Å². The van der Waals surface area contributed by atoms with Crippen LogP contribution in [0.3, 0.4) is 0 Å². The molecule has 0 spiro atoms. The van der Waals surface area contributed by atoms with Crippen LogP contribution in [0.25, 0.3) is 10.9 Å². The van der Waals surface area contributed by atoms with Crippen molar-refractivity contribution in [3.05, 3.63) is 34.0 Å². The number of carbonyl (C=O) groups is 1. The Hall–Kier alpha value is -1.77. The lowest BCUT2D eigenvalue weighted by Crippen LogP contribution is -1.95. The van der Waals surface area contributed by atoms with Crippen LogP contribution >= 0.6 is 0 Å². The van der Waals surface area contributed by atoms with Gasteiger partial charge in [0.15, 0.2) is 0 Å². The van der Waals surface area contributed by atoms with E-state index in [1.807, 2.05) is 13.8 Å². The predicted molar refractivity (Wildman–Crippen MR) is 64.2 cm³/mol. The first-order valence-corrected chi connectivity index (χ1v) is 5.26. The summed E-state index contributed by atoms with van der Waals surface area (Å²) in [6, 6.07) is 1.71. The Morgan fingerprint density at radius 2 is 1.62 bits per heavy atom. The third-order valence-electron chi connectivity index (χ3n) is 3.51. The second-order valence-corrected chi connectivity index (χ2v) is 4.28. The second kappa shape index (κ2) is 3.37.